The highest BCUT2D eigenvalue weighted by atomic mass is 16.5. The number of amides is 2. The summed E-state index contributed by atoms with van der Waals surface area (Å²) in [7, 11) is 0. The number of hydrogen-bond donors (Lipinski definition) is 0. The van der Waals surface area contributed by atoms with Crippen LogP contribution >= 0.6 is 0 Å². The molecular formula is C22H26N2O3. The van der Waals surface area contributed by atoms with Crippen LogP contribution in [0, 0.1) is 0 Å². The highest BCUT2D eigenvalue weighted by molar-refractivity contribution is 5.87. The van der Waals surface area contributed by atoms with Crippen LogP contribution in [0.2, 0.25) is 0 Å². The van der Waals surface area contributed by atoms with E-state index in [4.69, 9.17) is 4.74 Å². The summed E-state index contributed by atoms with van der Waals surface area (Å²) in [5, 5.41) is 0. The van der Waals surface area contributed by atoms with Gasteiger partial charge in [0.25, 0.3) is 5.91 Å². The van der Waals surface area contributed by atoms with Crippen LogP contribution in [0.1, 0.15) is 19.4 Å². The molecule has 1 fully saturated rings. The molecular weight excluding hydrogens is 340 g/mol. The van der Waals surface area contributed by atoms with Gasteiger partial charge in [-0.3, -0.25) is 9.59 Å². The number of benzene rings is 2. The number of carbonyl (C=O) groups is 2. The van der Waals surface area contributed by atoms with Crippen molar-refractivity contribution in [2.75, 3.05) is 32.8 Å². The lowest BCUT2D eigenvalue weighted by molar-refractivity contribution is -0.143. The molecule has 142 valence electrons. The van der Waals surface area contributed by atoms with Crippen LogP contribution in [0.5, 0.6) is 5.75 Å². The van der Waals surface area contributed by atoms with E-state index in [9.17, 15) is 9.59 Å². The molecule has 0 bridgehead atoms. The topological polar surface area (TPSA) is 49.9 Å². The molecule has 2 aromatic carbocycles. The quantitative estimate of drug-likeness (QED) is 0.818. The number of hydrogen-bond acceptors (Lipinski definition) is 3. The van der Waals surface area contributed by atoms with Crippen molar-refractivity contribution in [3.8, 4) is 5.75 Å². The van der Waals surface area contributed by atoms with Crippen molar-refractivity contribution in [1.29, 1.82) is 0 Å². The van der Waals surface area contributed by atoms with Gasteiger partial charge in [-0.15, -0.1) is 0 Å². The molecule has 0 atom stereocenters. The zero-order chi connectivity index (χ0) is 19.3. The maximum absolute atomic E-state index is 13.0. The van der Waals surface area contributed by atoms with Crippen LogP contribution in [0.25, 0.3) is 0 Å². The van der Waals surface area contributed by atoms with E-state index in [0.717, 1.165) is 5.56 Å². The lowest BCUT2D eigenvalue weighted by atomic mass is 9.83. The van der Waals surface area contributed by atoms with E-state index in [1.165, 1.54) is 0 Å². The van der Waals surface area contributed by atoms with Crippen LogP contribution in [0.15, 0.2) is 60.7 Å². The summed E-state index contributed by atoms with van der Waals surface area (Å²) in [5.41, 5.74) is 0.425. The molecule has 2 amide bonds. The molecule has 0 unspecified atom stereocenters. The Labute approximate surface area is 160 Å². The summed E-state index contributed by atoms with van der Waals surface area (Å²) in [6.45, 7) is 6.10. The third-order valence-corrected chi connectivity index (χ3v) is 5.06. The minimum atomic E-state index is -0.580. The van der Waals surface area contributed by atoms with Crippen molar-refractivity contribution in [1.82, 2.24) is 9.80 Å². The molecule has 1 saturated heterocycles. The predicted octanol–water partition coefficient (Wildman–Crippen LogP) is 2.71. The molecule has 0 N–H and O–H groups in total. The van der Waals surface area contributed by atoms with E-state index >= 15 is 0 Å². The van der Waals surface area contributed by atoms with Gasteiger partial charge in [0.05, 0.1) is 5.41 Å². The van der Waals surface area contributed by atoms with Gasteiger partial charge in [-0.2, -0.15) is 0 Å². The minimum absolute atomic E-state index is 0.0213. The second kappa shape index (κ2) is 8.25. The number of para-hydroxylation sites is 1. The average Bonchev–Trinajstić information content (AvgIpc) is 2.73. The normalized spacial score (nSPS) is 14.7. The molecule has 1 aliphatic heterocycles. The Balaban J connectivity index is 1.52. The third-order valence-electron chi connectivity index (χ3n) is 5.06. The Hall–Kier alpha value is -2.82. The minimum Gasteiger partial charge on any atom is -0.484 e. The van der Waals surface area contributed by atoms with Crippen molar-refractivity contribution >= 4 is 11.8 Å². The first-order valence-electron chi connectivity index (χ1n) is 9.29. The zero-order valence-electron chi connectivity index (χ0n) is 15.9. The fourth-order valence-electron chi connectivity index (χ4n) is 3.29. The van der Waals surface area contributed by atoms with Crippen molar-refractivity contribution in [3.05, 3.63) is 66.2 Å². The molecule has 1 heterocycles. The van der Waals surface area contributed by atoms with Gasteiger partial charge in [0.1, 0.15) is 5.75 Å². The second-order valence-corrected chi connectivity index (χ2v) is 7.27. The number of ether oxygens (including phenoxy) is 1. The molecule has 2 aromatic rings. The summed E-state index contributed by atoms with van der Waals surface area (Å²) >= 11 is 0. The average molecular weight is 366 g/mol. The molecule has 0 aliphatic carbocycles. The van der Waals surface area contributed by atoms with E-state index in [1.54, 1.807) is 4.90 Å². The molecule has 5 nitrogen and oxygen atoms in total. The van der Waals surface area contributed by atoms with Crippen LogP contribution in [-0.4, -0.2) is 54.4 Å². The first kappa shape index (κ1) is 19.0. The molecule has 27 heavy (non-hydrogen) atoms. The highest BCUT2D eigenvalue weighted by Gasteiger charge is 2.35. The summed E-state index contributed by atoms with van der Waals surface area (Å²) in [6.07, 6.45) is 0. The first-order chi connectivity index (χ1) is 13.0. The van der Waals surface area contributed by atoms with Gasteiger partial charge >= 0.3 is 0 Å². The molecule has 0 saturated carbocycles. The van der Waals surface area contributed by atoms with Crippen molar-refractivity contribution in [3.63, 3.8) is 0 Å². The van der Waals surface area contributed by atoms with Crippen molar-refractivity contribution < 1.29 is 14.3 Å². The standard InChI is InChI=1S/C22H26N2O3/c1-22(2,18-9-5-3-6-10-18)21(26)24-15-13-23(14-16-24)20(25)17-27-19-11-7-4-8-12-19/h3-12H,13-17H2,1-2H3. The van der Waals surface area contributed by atoms with Crippen LogP contribution in [0.3, 0.4) is 0 Å². The first-order valence-corrected chi connectivity index (χ1v) is 9.29. The van der Waals surface area contributed by atoms with Gasteiger partial charge < -0.3 is 14.5 Å². The molecule has 0 spiro atoms. The second-order valence-electron chi connectivity index (χ2n) is 7.27. The SMILES string of the molecule is CC(C)(C(=O)N1CCN(C(=O)COc2ccccc2)CC1)c1ccccc1. The van der Waals surface area contributed by atoms with Crippen LogP contribution in [-0.2, 0) is 15.0 Å². The fourth-order valence-corrected chi connectivity index (χ4v) is 3.29. The molecule has 0 aromatic heterocycles. The Morgan fingerprint density at radius 3 is 1.96 bits per heavy atom. The van der Waals surface area contributed by atoms with E-state index in [1.807, 2.05) is 79.4 Å². The molecule has 1 aliphatic rings. The lowest BCUT2D eigenvalue weighted by Crippen LogP contribution is -2.55. The Bertz CT molecular complexity index is 767. The van der Waals surface area contributed by atoms with Crippen LogP contribution in [0.4, 0.5) is 0 Å². The maximum Gasteiger partial charge on any atom is 0.260 e. The van der Waals surface area contributed by atoms with Gasteiger partial charge in [0.2, 0.25) is 5.91 Å². The fraction of sp³-hybridized carbons (Fsp3) is 0.364. The van der Waals surface area contributed by atoms with Gasteiger partial charge in [0.15, 0.2) is 6.61 Å². The monoisotopic (exact) mass is 366 g/mol. The number of piperazine rings is 1. The summed E-state index contributed by atoms with van der Waals surface area (Å²) in [5.74, 6) is 0.735. The Morgan fingerprint density at radius 2 is 1.37 bits per heavy atom. The molecule has 0 radical (unpaired) electrons. The molecule has 3 rings (SSSR count). The van der Waals surface area contributed by atoms with Gasteiger partial charge in [-0.05, 0) is 31.5 Å². The van der Waals surface area contributed by atoms with E-state index in [-0.39, 0.29) is 18.4 Å². The number of nitrogens with zero attached hydrogens (tertiary/aromatic N) is 2. The van der Waals surface area contributed by atoms with Crippen LogP contribution < -0.4 is 4.74 Å². The maximum atomic E-state index is 13.0. The Kier molecular flexibility index (Phi) is 5.79. The van der Waals surface area contributed by atoms with Crippen molar-refractivity contribution in [2.45, 2.75) is 19.3 Å². The zero-order valence-corrected chi connectivity index (χ0v) is 15.9. The summed E-state index contributed by atoms with van der Waals surface area (Å²) < 4.78 is 5.54. The molecule has 5 heteroatoms. The third kappa shape index (κ3) is 4.48. The van der Waals surface area contributed by atoms with E-state index in [0.29, 0.717) is 31.9 Å². The number of carbonyl (C=O) groups excluding carboxylic acids is 2. The predicted molar refractivity (Wildman–Crippen MR) is 105 cm³/mol. The highest BCUT2D eigenvalue weighted by Crippen LogP contribution is 2.26. The van der Waals surface area contributed by atoms with Gasteiger partial charge in [0, 0.05) is 26.2 Å². The summed E-state index contributed by atoms with van der Waals surface area (Å²) in [6, 6.07) is 19.1. The summed E-state index contributed by atoms with van der Waals surface area (Å²) in [4.78, 5) is 29.0. The lowest BCUT2D eigenvalue weighted by Gasteiger charge is -2.38. The van der Waals surface area contributed by atoms with Crippen molar-refractivity contribution in [2.24, 2.45) is 0 Å². The number of rotatable bonds is 5. The van der Waals surface area contributed by atoms with Gasteiger partial charge in [-0.1, -0.05) is 48.5 Å². The van der Waals surface area contributed by atoms with E-state index < -0.39 is 5.41 Å². The van der Waals surface area contributed by atoms with E-state index in [2.05, 4.69) is 0 Å². The largest absolute Gasteiger partial charge is 0.484 e. The van der Waals surface area contributed by atoms with Gasteiger partial charge in [-0.25, -0.2) is 0 Å². The smallest absolute Gasteiger partial charge is 0.260 e. The Morgan fingerprint density at radius 1 is 0.852 bits per heavy atom.